The molecule has 2 aliphatic heterocycles. The Balaban J connectivity index is 1.58. The summed E-state index contributed by atoms with van der Waals surface area (Å²) in [6, 6.07) is 15.8. The molecule has 2 aromatic carbocycles. The quantitative estimate of drug-likeness (QED) is 0.594. The third-order valence-electron chi connectivity index (χ3n) is 5.97. The number of carbonyl (C=O) groups is 2. The van der Waals surface area contributed by atoms with Crippen LogP contribution in [0.25, 0.3) is 6.08 Å². The van der Waals surface area contributed by atoms with E-state index in [9.17, 15) is 14.7 Å². The van der Waals surface area contributed by atoms with E-state index in [4.69, 9.17) is 16.3 Å². The van der Waals surface area contributed by atoms with Crippen LogP contribution in [0.15, 0.2) is 72.0 Å². The molecule has 2 heterocycles. The lowest BCUT2D eigenvalue weighted by atomic mass is 9.95. The minimum Gasteiger partial charge on any atom is -0.503 e. The van der Waals surface area contributed by atoms with Gasteiger partial charge in [0, 0.05) is 31.2 Å². The van der Waals surface area contributed by atoms with Gasteiger partial charge in [0.15, 0.2) is 11.5 Å². The van der Waals surface area contributed by atoms with E-state index in [1.54, 1.807) is 29.2 Å². The smallest absolute Gasteiger partial charge is 0.290 e. The summed E-state index contributed by atoms with van der Waals surface area (Å²) in [6.07, 6.45) is 3.79. The number of halogens is 1. The first kappa shape index (κ1) is 23.2. The third kappa shape index (κ3) is 5.36. The molecule has 0 unspecified atom stereocenters. The molecule has 0 radical (unpaired) electrons. The molecular formula is C26H27ClN2O4. The zero-order chi connectivity index (χ0) is 23.2. The highest BCUT2D eigenvalue weighted by atomic mass is 35.5. The zero-order valence-electron chi connectivity index (χ0n) is 18.3. The summed E-state index contributed by atoms with van der Waals surface area (Å²) in [4.78, 5) is 30.1. The molecule has 0 bridgehead atoms. The fourth-order valence-corrected chi connectivity index (χ4v) is 4.51. The van der Waals surface area contributed by atoms with Crippen molar-refractivity contribution in [3.8, 4) is 0 Å². The summed E-state index contributed by atoms with van der Waals surface area (Å²) in [7, 11) is 0. The van der Waals surface area contributed by atoms with Gasteiger partial charge < -0.3 is 14.7 Å². The van der Waals surface area contributed by atoms with Gasteiger partial charge in [-0.3, -0.25) is 14.5 Å². The van der Waals surface area contributed by atoms with Crippen LogP contribution in [-0.2, 0) is 14.3 Å². The van der Waals surface area contributed by atoms with Crippen LogP contribution >= 0.6 is 11.6 Å². The molecule has 1 N–H and O–H groups in total. The van der Waals surface area contributed by atoms with Gasteiger partial charge in [-0.1, -0.05) is 66.2 Å². The standard InChI is InChI=1S/C26H27ClN2O4/c27-21-10-5-4-9-20(21)24-23(22(30)12-11-19-7-2-1-3-8-19)25(31)26(32)29(24)14-6-13-28-15-17-33-18-16-28/h1-5,7-12,24,31H,6,13-18H2/b12-11+/t24-/m1/s1. The number of ketones is 1. The molecule has 2 aromatic rings. The van der Waals surface area contributed by atoms with Crippen molar-refractivity contribution in [2.45, 2.75) is 12.5 Å². The Morgan fingerprint density at radius 3 is 2.48 bits per heavy atom. The topological polar surface area (TPSA) is 70.1 Å². The van der Waals surface area contributed by atoms with E-state index >= 15 is 0 Å². The van der Waals surface area contributed by atoms with E-state index in [-0.39, 0.29) is 5.57 Å². The van der Waals surface area contributed by atoms with Crippen molar-refractivity contribution in [1.29, 1.82) is 0 Å². The number of amides is 1. The Labute approximate surface area is 198 Å². The first-order chi connectivity index (χ1) is 16.1. The lowest BCUT2D eigenvalue weighted by molar-refractivity contribution is -0.129. The maximum Gasteiger partial charge on any atom is 0.290 e. The molecule has 2 aliphatic rings. The minimum absolute atomic E-state index is 0.0617. The van der Waals surface area contributed by atoms with Crippen LogP contribution in [-0.4, -0.2) is 66.0 Å². The molecule has 0 aromatic heterocycles. The highest BCUT2D eigenvalue weighted by Gasteiger charge is 2.43. The summed E-state index contributed by atoms with van der Waals surface area (Å²) in [5.74, 6) is -1.46. The SMILES string of the molecule is O=C(/C=C/c1ccccc1)C1=C(O)C(=O)N(CCCN2CCOCC2)[C@@H]1c1ccccc1Cl. The van der Waals surface area contributed by atoms with Crippen molar-refractivity contribution in [3.63, 3.8) is 0 Å². The molecule has 0 aliphatic carbocycles. The average Bonchev–Trinajstić information content (AvgIpc) is 3.09. The predicted octanol–water partition coefficient (Wildman–Crippen LogP) is 4.04. The Morgan fingerprint density at radius 1 is 1.06 bits per heavy atom. The molecule has 1 saturated heterocycles. The number of carbonyl (C=O) groups excluding carboxylic acids is 2. The second kappa shape index (κ2) is 10.8. The van der Waals surface area contributed by atoms with Crippen LogP contribution in [0.1, 0.15) is 23.6 Å². The molecule has 0 spiro atoms. The first-order valence-corrected chi connectivity index (χ1v) is 11.5. The molecule has 0 saturated carbocycles. The summed E-state index contributed by atoms with van der Waals surface area (Å²) in [6.45, 7) is 4.34. The number of morpholine rings is 1. The molecule has 4 rings (SSSR count). The number of aliphatic hydroxyl groups excluding tert-OH is 1. The lowest BCUT2D eigenvalue weighted by Gasteiger charge is -2.30. The number of benzene rings is 2. The molecule has 1 atom stereocenters. The van der Waals surface area contributed by atoms with E-state index in [2.05, 4.69) is 4.90 Å². The summed E-state index contributed by atoms with van der Waals surface area (Å²) in [5.41, 5.74) is 1.54. The lowest BCUT2D eigenvalue weighted by Crippen LogP contribution is -2.39. The van der Waals surface area contributed by atoms with Crippen LogP contribution in [0.4, 0.5) is 0 Å². The van der Waals surface area contributed by atoms with Gasteiger partial charge in [0.25, 0.3) is 5.91 Å². The van der Waals surface area contributed by atoms with Gasteiger partial charge in [0.05, 0.1) is 24.8 Å². The third-order valence-corrected chi connectivity index (χ3v) is 6.32. The Kier molecular flexibility index (Phi) is 7.60. The zero-order valence-corrected chi connectivity index (χ0v) is 19.1. The highest BCUT2D eigenvalue weighted by Crippen LogP contribution is 2.40. The van der Waals surface area contributed by atoms with Crippen molar-refractivity contribution in [3.05, 3.63) is 88.2 Å². The van der Waals surface area contributed by atoms with Gasteiger partial charge in [-0.2, -0.15) is 0 Å². The summed E-state index contributed by atoms with van der Waals surface area (Å²) < 4.78 is 5.39. The minimum atomic E-state index is -0.733. The van der Waals surface area contributed by atoms with Crippen LogP contribution < -0.4 is 0 Å². The molecule has 6 nitrogen and oxygen atoms in total. The second-order valence-electron chi connectivity index (χ2n) is 8.10. The second-order valence-corrected chi connectivity index (χ2v) is 8.51. The predicted molar refractivity (Wildman–Crippen MR) is 128 cm³/mol. The van der Waals surface area contributed by atoms with E-state index in [0.717, 1.165) is 25.2 Å². The number of hydrogen-bond acceptors (Lipinski definition) is 5. The maximum absolute atomic E-state index is 13.2. The van der Waals surface area contributed by atoms with E-state index in [0.29, 0.717) is 36.8 Å². The van der Waals surface area contributed by atoms with E-state index in [1.165, 1.54) is 6.08 Å². The Morgan fingerprint density at radius 2 is 1.76 bits per heavy atom. The molecule has 7 heteroatoms. The van der Waals surface area contributed by atoms with Crippen molar-refractivity contribution >= 4 is 29.4 Å². The van der Waals surface area contributed by atoms with E-state index < -0.39 is 23.5 Å². The van der Waals surface area contributed by atoms with Crippen molar-refractivity contribution in [2.24, 2.45) is 0 Å². The number of allylic oxidation sites excluding steroid dienone is 1. The Hall–Kier alpha value is -2.93. The van der Waals surface area contributed by atoms with Gasteiger partial charge in [0.2, 0.25) is 0 Å². The number of aliphatic hydroxyl groups is 1. The van der Waals surface area contributed by atoms with Crippen LogP contribution in [0.3, 0.4) is 0 Å². The molecule has 1 fully saturated rings. The monoisotopic (exact) mass is 466 g/mol. The number of nitrogens with zero attached hydrogens (tertiary/aromatic N) is 2. The first-order valence-electron chi connectivity index (χ1n) is 11.1. The maximum atomic E-state index is 13.2. The van der Waals surface area contributed by atoms with Gasteiger partial charge >= 0.3 is 0 Å². The summed E-state index contributed by atoms with van der Waals surface area (Å²) >= 11 is 6.47. The van der Waals surface area contributed by atoms with Gasteiger partial charge in [-0.15, -0.1) is 0 Å². The summed E-state index contributed by atoms with van der Waals surface area (Å²) in [5, 5.41) is 11.2. The largest absolute Gasteiger partial charge is 0.503 e. The number of hydrogen-bond donors (Lipinski definition) is 1. The number of rotatable bonds is 8. The van der Waals surface area contributed by atoms with Crippen molar-refractivity contribution < 1.29 is 19.4 Å². The molecular weight excluding hydrogens is 440 g/mol. The average molecular weight is 467 g/mol. The Bertz CT molecular complexity index is 1060. The molecule has 1 amide bonds. The molecule has 172 valence electrons. The van der Waals surface area contributed by atoms with Gasteiger partial charge in [0.1, 0.15) is 0 Å². The van der Waals surface area contributed by atoms with Crippen molar-refractivity contribution in [2.75, 3.05) is 39.4 Å². The van der Waals surface area contributed by atoms with Gasteiger partial charge in [-0.25, -0.2) is 0 Å². The fourth-order valence-electron chi connectivity index (χ4n) is 4.27. The van der Waals surface area contributed by atoms with Crippen LogP contribution in [0.5, 0.6) is 0 Å². The van der Waals surface area contributed by atoms with Crippen molar-refractivity contribution in [1.82, 2.24) is 9.80 Å². The highest BCUT2D eigenvalue weighted by molar-refractivity contribution is 6.31. The number of ether oxygens (including phenoxy) is 1. The van der Waals surface area contributed by atoms with Gasteiger partial charge in [-0.05, 0) is 29.7 Å². The van der Waals surface area contributed by atoms with E-state index in [1.807, 2.05) is 36.4 Å². The normalized spacial score (nSPS) is 19.6. The molecule has 33 heavy (non-hydrogen) atoms. The fraction of sp³-hybridized carbons (Fsp3) is 0.308. The van der Waals surface area contributed by atoms with Crippen LogP contribution in [0.2, 0.25) is 5.02 Å². The van der Waals surface area contributed by atoms with Crippen LogP contribution in [0, 0.1) is 0 Å².